The molecule has 1 unspecified atom stereocenters. The summed E-state index contributed by atoms with van der Waals surface area (Å²) in [6.45, 7) is 2.97. The van der Waals surface area contributed by atoms with E-state index in [0.29, 0.717) is 12.3 Å². The lowest BCUT2D eigenvalue weighted by atomic mass is 10.00. The van der Waals surface area contributed by atoms with Gasteiger partial charge in [-0.25, -0.2) is 5.43 Å². The maximum Gasteiger partial charge on any atom is 0.236 e. The second-order valence-electron chi connectivity index (χ2n) is 2.87. The maximum absolute atomic E-state index is 11.1. The van der Waals surface area contributed by atoms with Crippen molar-refractivity contribution in [2.24, 2.45) is 5.92 Å². The van der Waals surface area contributed by atoms with E-state index >= 15 is 0 Å². The first-order valence-electron chi connectivity index (χ1n) is 3.71. The first-order valence-corrected chi connectivity index (χ1v) is 3.71. The van der Waals surface area contributed by atoms with Crippen molar-refractivity contribution in [3.8, 4) is 0 Å². The third-order valence-electron chi connectivity index (χ3n) is 1.94. The fraction of sp³-hybridized carbons (Fsp3) is 0.857. The van der Waals surface area contributed by atoms with E-state index in [1.54, 1.807) is 12.1 Å². The van der Waals surface area contributed by atoms with Gasteiger partial charge in [-0.3, -0.25) is 9.80 Å². The Balaban J connectivity index is 2.43. The van der Waals surface area contributed by atoms with Crippen molar-refractivity contribution in [2.45, 2.75) is 19.8 Å². The van der Waals surface area contributed by atoms with Gasteiger partial charge in [0.1, 0.15) is 0 Å². The first kappa shape index (κ1) is 7.54. The van der Waals surface area contributed by atoms with Crippen LogP contribution in [0.15, 0.2) is 0 Å². The molecule has 1 rings (SSSR count). The van der Waals surface area contributed by atoms with Crippen molar-refractivity contribution in [1.29, 1.82) is 0 Å². The average Bonchev–Trinajstić information content (AvgIpc) is 1.88. The van der Waals surface area contributed by atoms with Crippen molar-refractivity contribution in [1.82, 2.24) is 10.4 Å². The molecule has 0 aromatic carbocycles. The summed E-state index contributed by atoms with van der Waals surface area (Å²) in [5, 5.41) is 1.68. The van der Waals surface area contributed by atoms with Crippen LogP contribution < -0.4 is 5.43 Å². The molecule has 1 N–H and O–H groups in total. The predicted octanol–water partition coefficient (Wildman–Crippen LogP) is 0.379. The zero-order chi connectivity index (χ0) is 7.56. The Kier molecular flexibility index (Phi) is 2.27. The number of rotatable bonds is 1. The summed E-state index contributed by atoms with van der Waals surface area (Å²) in [5.41, 5.74) is 2.86. The third kappa shape index (κ3) is 1.48. The third-order valence-corrected chi connectivity index (χ3v) is 1.94. The lowest BCUT2D eigenvalue weighted by molar-refractivity contribution is -0.137. The largest absolute Gasteiger partial charge is 0.278 e. The Morgan fingerprint density at radius 2 is 2.40 bits per heavy atom. The van der Waals surface area contributed by atoms with Gasteiger partial charge < -0.3 is 0 Å². The van der Waals surface area contributed by atoms with Gasteiger partial charge in [-0.05, 0) is 12.3 Å². The quantitative estimate of drug-likeness (QED) is 0.574. The second kappa shape index (κ2) is 3.01. The van der Waals surface area contributed by atoms with Gasteiger partial charge in [0.05, 0.1) is 0 Å². The Bertz CT molecular complexity index is 136. The second-order valence-corrected chi connectivity index (χ2v) is 2.87. The Morgan fingerprint density at radius 1 is 1.70 bits per heavy atom. The highest BCUT2D eigenvalue weighted by Gasteiger charge is 2.21. The highest BCUT2D eigenvalue weighted by Crippen LogP contribution is 2.14. The number of piperidine rings is 1. The number of amides is 1. The van der Waals surface area contributed by atoms with Gasteiger partial charge in [-0.15, -0.1) is 0 Å². The van der Waals surface area contributed by atoms with Gasteiger partial charge in [0.2, 0.25) is 5.91 Å². The molecule has 0 bridgehead atoms. The minimum atomic E-state index is 0.223. The van der Waals surface area contributed by atoms with E-state index in [0.717, 1.165) is 13.0 Å². The first-order chi connectivity index (χ1) is 4.74. The summed E-state index contributed by atoms with van der Waals surface area (Å²) in [6, 6.07) is 0. The van der Waals surface area contributed by atoms with Crippen LogP contribution in [0.2, 0.25) is 0 Å². The van der Waals surface area contributed by atoms with Gasteiger partial charge in [-0.2, -0.15) is 0 Å². The number of carbonyl (C=O) groups excluding carboxylic acids is 1. The number of hydrogen-bond acceptors (Lipinski definition) is 2. The average molecular weight is 142 g/mol. The van der Waals surface area contributed by atoms with Crippen LogP contribution in [-0.2, 0) is 4.79 Å². The lowest BCUT2D eigenvalue weighted by Gasteiger charge is -2.28. The Hall–Kier alpha value is -0.570. The van der Waals surface area contributed by atoms with Crippen LogP contribution in [0.4, 0.5) is 0 Å². The highest BCUT2D eigenvalue weighted by atomic mass is 16.2. The molecule has 3 nitrogen and oxygen atoms in total. The van der Waals surface area contributed by atoms with Crippen molar-refractivity contribution < 1.29 is 4.79 Å². The molecule has 1 saturated heterocycles. The fourth-order valence-corrected chi connectivity index (χ4v) is 1.22. The highest BCUT2D eigenvalue weighted by molar-refractivity contribution is 5.76. The zero-order valence-electron chi connectivity index (χ0n) is 6.55. The molecule has 0 saturated carbocycles. The summed E-state index contributed by atoms with van der Waals surface area (Å²) in [5.74, 6) is 0.790. The molecule has 0 aliphatic carbocycles. The molecule has 0 aromatic rings. The van der Waals surface area contributed by atoms with Crippen molar-refractivity contribution in [2.75, 3.05) is 13.6 Å². The van der Waals surface area contributed by atoms with E-state index in [1.165, 1.54) is 0 Å². The minimum Gasteiger partial charge on any atom is -0.278 e. The molecule has 0 spiro atoms. The van der Waals surface area contributed by atoms with Crippen LogP contribution >= 0.6 is 0 Å². The van der Waals surface area contributed by atoms with Crippen LogP contribution in [0.5, 0.6) is 0 Å². The number of hydrogen-bond donors (Lipinski definition) is 1. The molecule has 0 aromatic heterocycles. The van der Waals surface area contributed by atoms with Crippen molar-refractivity contribution in [3.05, 3.63) is 0 Å². The summed E-state index contributed by atoms with van der Waals surface area (Å²) in [7, 11) is 1.79. The summed E-state index contributed by atoms with van der Waals surface area (Å²) in [6.07, 6.45) is 1.81. The monoisotopic (exact) mass is 142 g/mol. The van der Waals surface area contributed by atoms with Crippen LogP contribution in [0, 0.1) is 5.92 Å². The van der Waals surface area contributed by atoms with Gasteiger partial charge in [-0.1, -0.05) is 6.92 Å². The molecule has 1 aliphatic heterocycles. The normalized spacial score (nSPS) is 27.2. The summed E-state index contributed by atoms with van der Waals surface area (Å²) in [4.78, 5) is 11.1. The van der Waals surface area contributed by atoms with E-state index in [1.807, 2.05) is 0 Å². The molecule has 0 radical (unpaired) electrons. The van der Waals surface area contributed by atoms with Crippen LogP contribution in [0.25, 0.3) is 0 Å². The number of carbonyl (C=O) groups is 1. The van der Waals surface area contributed by atoms with Gasteiger partial charge in [0.25, 0.3) is 0 Å². The fourth-order valence-electron chi connectivity index (χ4n) is 1.22. The van der Waals surface area contributed by atoms with Crippen LogP contribution in [0.1, 0.15) is 19.8 Å². The lowest BCUT2D eigenvalue weighted by Crippen LogP contribution is -2.45. The molecule has 1 amide bonds. The number of hydrazine groups is 1. The zero-order valence-corrected chi connectivity index (χ0v) is 6.55. The summed E-state index contributed by atoms with van der Waals surface area (Å²) >= 11 is 0. The van der Waals surface area contributed by atoms with E-state index in [-0.39, 0.29) is 5.91 Å². The minimum absolute atomic E-state index is 0.223. The van der Waals surface area contributed by atoms with Gasteiger partial charge in [0, 0.05) is 20.0 Å². The molecular formula is C7H14N2O. The smallest absolute Gasteiger partial charge is 0.236 e. The molecule has 1 heterocycles. The van der Waals surface area contributed by atoms with E-state index < -0.39 is 0 Å². The maximum atomic E-state index is 11.1. The molecule has 1 fully saturated rings. The van der Waals surface area contributed by atoms with E-state index in [2.05, 4.69) is 12.3 Å². The van der Waals surface area contributed by atoms with Crippen molar-refractivity contribution >= 4 is 5.91 Å². The van der Waals surface area contributed by atoms with Crippen molar-refractivity contribution in [3.63, 3.8) is 0 Å². The van der Waals surface area contributed by atoms with Gasteiger partial charge >= 0.3 is 0 Å². The number of nitrogens with one attached hydrogen (secondary N) is 1. The SMILES string of the molecule is CNN1CCC(C)CC1=O. The molecule has 1 aliphatic rings. The van der Waals surface area contributed by atoms with Gasteiger partial charge in [0.15, 0.2) is 0 Å². The standard InChI is InChI=1S/C7H14N2O/c1-6-3-4-9(8-2)7(10)5-6/h6,8H,3-5H2,1-2H3. The summed E-state index contributed by atoms with van der Waals surface area (Å²) < 4.78 is 0. The molecule has 1 atom stereocenters. The topological polar surface area (TPSA) is 32.3 Å². The van der Waals surface area contributed by atoms with Crippen LogP contribution in [0.3, 0.4) is 0 Å². The molecule has 10 heavy (non-hydrogen) atoms. The molecule has 58 valence electrons. The predicted molar refractivity (Wildman–Crippen MR) is 39.2 cm³/mol. The number of nitrogens with zero attached hydrogens (tertiary/aromatic N) is 1. The van der Waals surface area contributed by atoms with E-state index in [9.17, 15) is 4.79 Å². The Labute approximate surface area is 61.4 Å². The van der Waals surface area contributed by atoms with Crippen LogP contribution in [-0.4, -0.2) is 24.5 Å². The molecular weight excluding hydrogens is 128 g/mol. The molecule has 3 heteroatoms. The van der Waals surface area contributed by atoms with E-state index in [4.69, 9.17) is 0 Å². The Morgan fingerprint density at radius 3 is 2.90 bits per heavy atom.